The van der Waals surface area contributed by atoms with E-state index in [1.165, 1.54) is 16.7 Å². The molecule has 0 saturated heterocycles. The maximum absolute atomic E-state index is 11.0. The summed E-state index contributed by atoms with van der Waals surface area (Å²) in [4.78, 5) is 11.0. The van der Waals surface area contributed by atoms with Gasteiger partial charge in [0.05, 0.1) is 12.2 Å². The molecule has 3 rings (SSSR count). The summed E-state index contributed by atoms with van der Waals surface area (Å²) in [5.74, 6) is -0.355. The second-order valence-electron chi connectivity index (χ2n) is 6.22. The van der Waals surface area contributed by atoms with Gasteiger partial charge in [0.1, 0.15) is 0 Å². The van der Waals surface area contributed by atoms with Crippen molar-refractivity contribution in [3.05, 3.63) is 72.1 Å². The lowest BCUT2D eigenvalue weighted by molar-refractivity contribution is -0.129. The van der Waals surface area contributed by atoms with Crippen LogP contribution in [0.4, 0.5) is 0 Å². The van der Waals surface area contributed by atoms with Gasteiger partial charge in [-0.25, -0.2) is 10.2 Å². The maximum Gasteiger partial charge on any atom is 0.243 e. The normalized spacial score (nSPS) is 10.7. The summed E-state index contributed by atoms with van der Waals surface area (Å²) in [5, 5.41) is 16.8. The van der Waals surface area contributed by atoms with Crippen LogP contribution in [0.15, 0.2) is 60.8 Å². The van der Waals surface area contributed by atoms with Crippen LogP contribution < -0.4 is 5.48 Å². The molecule has 0 fully saturated rings. The first kappa shape index (κ1) is 17.8. The second-order valence-corrected chi connectivity index (χ2v) is 6.22. The molecule has 134 valence electrons. The van der Waals surface area contributed by atoms with E-state index in [4.69, 9.17) is 5.21 Å². The van der Waals surface area contributed by atoms with Gasteiger partial charge in [-0.2, -0.15) is 0 Å². The standard InChI is InChI=1S/C20H22N4O2/c25-20(22-26)12-5-4-11-19-15-24(23-21-19)14-16-7-6-10-18(13-16)17-8-2-1-3-9-17/h1-3,6-10,13,15,26H,4-5,11-12,14H2,(H,22,25). The number of benzene rings is 2. The quantitative estimate of drug-likeness (QED) is 0.371. The first-order chi connectivity index (χ1) is 12.7. The lowest BCUT2D eigenvalue weighted by Crippen LogP contribution is -2.17. The third kappa shape index (κ3) is 5.00. The molecule has 0 unspecified atom stereocenters. The van der Waals surface area contributed by atoms with Crippen LogP contribution in [0.3, 0.4) is 0 Å². The van der Waals surface area contributed by atoms with E-state index in [0.29, 0.717) is 19.4 Å². The van der Waals surface area contributed by atoms with E-state index in [0.717, 1.165) is 18.5 Å². The molecule has 1 heterocycles. The third-order valence-corrected chi connectivity index (χ3v) is 4.18. The summed E-state index contributed by atoms with van der Waals surface area (Å²) in [7, 11) is 0. The van der Waals surface area contributed by atoms with Gasteiger partial charge < -0.3 is 0 Å². The van der Waals surface area contributed by atoms with Gasteiger partial charge in [0.2, 0.25) is 5.91 Å². The number of rotatable bonds is 8. The number of hydrogen-bond donors (Lipinski definition) is 2. The predicted molar refractivity (Wildman–Crippen MR) is 98.5 cm³/mol. The van der Waals surface area contributed by atoms with Gasteiger partial charge >= 0.3 is 0 Å². The Hall–Kier alpha value is -2.99. The van der Waals surface area contributed by atoms with Gasteiger partial charge in [0, 0.05) is 12.6 Å². The summed E-state index contributed by atoms with van der Waals surface area (Å²) in [6.45, 7) is 0.667. The highest BCUT2D eigenvalue weighted by molar-refractivity contribution is 5.74. The fourth-order valence-corrected chi connectivity index (χ4v) is 2.84. The molecule has 26 heavy (non-hydrogen) atoms. The van der Waals surface area contributed by atoms with E-state index in [-0.39, 0.29) is 5.91 Å². The third-order valence-electron chi connectivity index (χ3n) is 4.18. The van der Waals surface area contributed by atoms with E-state index in [2.05, 4.69) is 46.7 Å². The Kier molecular flexibility index (Phi) is 6.11. The van der Waals surface area contributed by atoms with Crippen LogP contribution in [0, 0.1) is 0 Å². The average molecular weight is 350 g/mol. The van der Waals surface area contributed by atoms with Crippen LogP contribution in [0.5, 0.6) is 0 Å². The first-order valence-corrected chi connectivity index (χ1v) is 8.71. The Labute approximate surface area is 152 Å². The lowest BCUT2D eigenvalue weighted by Gasteiger charge is -2.05. The molecule has 2 N–H and O–H groups in total. The molecule has 3 aromatic rings. The highest BCUT2D eigenvalue weighted by Crippen LogP contribution is 2.20. The van der Waals surface area contributed by atoms with Crippen LogP contribution >= 0.6 is 0 Å². The first-order valence-electron chi connectivity index (χ1n) is 8.71. The second kappa shape index (κ2) is 8.92. The largest absolute Gasteiger partial charge is 0.289 e. The van der Waals surface area contributed by atoms with Crippen molar-refractivity contribution in [2.75, 3.05) is 0 Å². The van der Waals surface area contributed by atoms with Crippen molar-refractivity contribution in [2.45, 2.75) is 32.2 Å². The lowest BCUT2D eigenvalue weighted by atomic mass is 10.0. The van der Waals surface area contributed by atoms with Crippen molar-refractivity contribution < 1.29 is 10.0 Å². The molecule has 0 aliphatic carbocycles. The number of aryl methyl sites for hydroxylation is 1. The Morgan fingerprint density at radius 1 is 1.04 bits per heavy atom. The molecule has 0 aliphatic heterocycles. The fraction of sp³-hybridized carbons (Fsp3) is 0.250. The maximum atomic E-state index is 11.0. The Bertz CT molecular complexity index is 846. The topological polar surface area (TPSA) is 80.0 Å². The Morgan fingerprint density at radius 2 is 1.85 bits per heavy atom. The van der Waals surface area contributed by atoms with Gasteiger partial charge in [-0.3, -0.25) is 10.0 Å². The number of hydroxylamine groups is 1. The zero-order chi connectivity index (χ0) is 18.2. The molecule has 0 aliphatic rings. The average Bonchev–Trinajstić information content (AvgIpc) is 3.13. The molecule has 2 aromatic carbocycles. The number of amides is 1. The summed E-state index contributed by atoms with van der Waals surface area (Å²) >= 11 is 0. The van der Waals surface area contributed by atoms with Gasteiger partial charge in [-0.05, 0) is 42.0 Å². The highest BCUT2D eigenvalue weighted by atomic mass is 16.5. The van der Waals surface area contributed by atoms with E-state index < -0.39 is 0 Å². The summed E-state index contributed by atoms with van der Waals surface area (Å²) in [5.41, 5.74) is 6.10. The molecule has 1 amide bonds. The van der Waals surface area contributed by atoms with Crippen molar-refractivity contribution in [3.63, 3.8) is 0 Å². The van der Waals surface area contributed by atoms with Gasteiger partial charge in [-0.15, -0.1) is 5.10 Å². The van der Waals surface area contributed by atoms with Crippen molar-refractivity contribution in [3.8, 4) is 11.1 Å². The summed E-state index contributed by atoms with van der Waals surface area (Å²) in [6.07, 6.45) is 4.56. The van der Waals surface area contributed by atoms with Gasteiger partial charge in [0.15, 0.2) is 0 Å². The van der Waals surface area contributed by atoms with E-state index in [1.807, 2.05) is 29.1 Å². The minimum Gasteiger partial charge on any atom is -0.289 e. The van der Waals surface area contributed by atoms with Gasteiger partial charge in [0.25, 0.3) is 0 Å². The monoisotopic (exact) mass is 350 g/mol. The van der Waals surface area contributed by atoms with Crippen molar-refractivity contribution >= 4 is 5.91 Å². The molecule has 0 bridgehead atoms. The van der Waals surface area contributed by atoms with Gasteiger partial charge in [-0.1, -0.05) is 53.7 Å². The van der Waals surface area contributed by atoms with Crippen molar-refractivity contribution in [2.24, 2.45) is 0 Å². The Morgan fingerprint density at radius 3 is 2.65 bits per heavy atom. The van der Waals surface area contributed by atoms with Crippen molar-refractivity contribution in [1.29, 1.82) is 0 Å². The molecule has 0 atom stereocenters. The van der Waals surface area contributed by atoms with Crippen LogP contribution in [-0.4, -0.2) is 26.1 Å². The minimum atomic E-state index is -0.355. The summed E-state index contributed by atoms with van der Waals surface area (Å²) < 4.78 is 1.83. The zero-order valence-corrected chi connectivity index (χ0v) is 14.5. The van der Waals surface area contributed by atoms with Crippen molar-refractivity contribution in [1.82, 2.24) is 20.5 Å². The smallest absolute Gasteiger partial charge is 0.243 e. The number of aromatic nitrogens is 3. The number of carbonyl (C=O) groups is 1. The van der Waals surface area contributed by atoms with Crippen LogP contribution in [0.1, 0.15) is 30.5 Å². The molecule has 0 spiro atoms. The molecule has 6 heteroatoms. The summed E-state index contributed by atoms with van der Waals surface area (Å²) in [6, 6.07) is 18.7. The molecule has 0 saturated carbocycles. The Balaban J connectivity index is 1.57. The number of hydrogen-bond acceptors (Lipinski definition) is 4. The van der Waals surface area contributed by atoms with E-state index in [1.54, 1.807) is 5.48 Å². The minimum absolute atomic E-state index is 0.316. The zero-order valence-electron chi connectivity index (χ0n) is 14.5. The number of nitrogens with zero attached hydrogens (tertiary/aromatic N) is 3. The number of nitrogens with one attached hydrogen (secondary N) is 1. The number of unbranched alkanes of at least 4 members (excludes halogenated alkanes) is 1. The SMILES string of the molecule is O=C(CCCCc1cn(Cc2cccc(-c3ccccc3)c2)nn1)NO. The molecule has 0 radical (unpaired) electrons. The predicted octanol–water partition coefficient (Wildman–Crippen LogP) is 3.21. The molecule has 6 nitrogen and oxygen atoms in total. The van der Waals surface area contributed by atoms with Crippen LogP contribution in [0.2, 0.25) is 0 Å². The molecule has 1 aromatic heterocycles. The molecular weight excluding hydrogens is 328 g/mol. The van der Waals surface area contributed by atoms with E-state index in [9.17, 15) is 4.79 Å². The fourth-order valence-electron chi connectivity index (χ4n) is 2.84. The number of carbonyl (C=O) groups excluding carboxylic acids is 1. The van der Waals surface area contributed by atoms with Crippen LogP contribution in [-0.2, 0) is 17.8 Å². The van der Waals surface area contributed by atoms with Crippen LogP contribution in [0.25, 0.3) is 11.1 Å². The van der Waals surface area contributed by atoms with E-state index >= 15 is 0 Å². The molecular formula is C20H22N4O2. The highest BCUT2D eigenvalue weighted by Gasteiger charge is 2.05.